The Kier molecular flexibility index (Phi) is 6.82. The third-order valence-electron chi connectivity index (χ3n) is 6.33. The van der Waals surface area contributed by atoms with Gasteiger partial charge in [-0.05, 0) is 54.8 Å². The Morgan fingerprint density at radius 3 is 2.44 bits per heavy atom. The Balaban J connectivity index is 1.33. The van der Waals surface area contributed by atoms with Gasteiger partial charge in [-0.3, -0.25) is 14.5 Å². The van der Waals surface area contributed by atoms with Crippen LogP contribution in [0.5, 0.6) is 0 Å². The van der Waals surface area contributed by atoms with Gasteiger partial charge in [-0.2, -0.15) is 0 Å². The number of hydrogen-bond acceptors (Lipinski definition) is 4. The standard InChI is InChI=1S/C27H30N4O3/c1-3-30(23-12-5-4-6-13-23)17-9-16-28-24(32)19-31-25(33)27(2,29-26(31)34)22-15-14-20-10-7-8-11-21(20)18-22/h4-8,10-15,18H,3,9,16-17,19H2,1-2H3,(H,28,32)(H,29,34). The molecule has 0 spiro atoms. The number of carbonyl (C=O) groups is 3. The lowest BCUT2D eigenvalue weighted by atomic mass is 9.90. The van der Waals surface area contributed by atoms with Crippen molar-refractivity contribution >= 4 is 34.3 Å². The summed E-state index contributed by atoms with van der Waals surface area (Å²) >= 11 is 0. The highest BCUT2D eigenvalue weighted by Gasteiger charge is 2.49. The van der Waals surface area contributed by atoms with Gasteiger partial charge in [-0.1, -0.05) is 54.6 Å². The van der Waals surface area contributed by atoms with Crippen LogP contribution < -0.4 is 15.5 Å². The van der Waals surface area contributed by atoms with Gasteiger partial charge in [-0.15, -0.1) is 0 Å². The number of anilines is 1. The summed E-state index contributed by atoms with van der Waals surface area (Å²) in [5.41, 5.74) is 0.621. The van der Waals surface area contributed by atoms with E-state index in [9.17, 15) is 14.4 Å². The Bertz CT molecular complexity index is 1200. The third-order valence-corrected chi connectivity index (χ3v) is 6.33. The zero-order chi connectivity index (χ0) is 24.1. The normalized spacial score (nSPS) is 17.6. The molecule has 4 amide bonds. The van der Waals surface area contributed by atoms with Crippen LogP contribution in [0.3, 0.4) is 0 Å². The summed E-state index contributed by atoms with van der Waals surface area (Å²) in [5.74, 6) is -0.779. The highest BCUT2D eigenvalue weighted by Crippen LogP contribution is 2.30. The van der Waals surface area contributed by atoms with Crippen molar-refractivity contribution in [1.29, 1.82) is 0 Å². The summed E-state index contributed by atoms with van der Waals surface area (Å²) in [7, 11) is 0. The molecule has 1 aliphatic rings. The maximum atomic E-state index is 13.2. The smallest absolute Gasteiger partial charge is 0.325 e. The maximum Gasteiger partial charge on any atom is 0.325 e. The minimum absolute atomic E-state index is 0.302. The van der Waals surface area contributed by atoms with E-state index in [4.69, 9.17) is 0 Å². The lowest BCUT2D eigenvalue weighted by Gasteiger charge is -2.23. The second-order valence-corrected chi connectivity index (χ2v) is 8.63. The van der Waals surface area contributed by atoms with E-state index in [1.165, 1.54) is 0 Å². The molecule has 34 heavy (non-hydrogen) atoms. The van der Waals surface area contributed by atoms with Gasteiger partial charge in [0.2, 0.25) is 5.91 Å². The van der Waals surface area contributed by atoms with Crippen molar-refractivity contribution in [2.24, 2.45) is 0 Å². The molecule has 0 saturated carbocycles. The Morgan fingerprint density at radius 2 is 1.71 bits per heavy atom. The van der Waals surface area contributed by atoms with Crippen molar-refractivity contribution in [3.63, 3.8) is 0 Å². The number of urea groups is 1. The Hall–Kier alpha value is -3.87. The lowest BCUT2D eigenvalue weighted by molar-refractivity contribution is -0.134. The number of nitrogens with zero attached hydrogens (tertiary/aromatic N) is 2. The second-order valence-electron chi connectivity index (χ2n) is 8.63. The molecule has 4 rings (SSSR count). The average Bonchev–Trinajstić information content (AvgIpc) is 3.08. The quantitative estimate of drug-likeness (QED) is 0.379. The second kappa shape index (κ2) is 9.95. The van der Waals surface area contributed by atoms with Crippen molar-refractivity contribution < 1.29 is 14.4 Å². The number of fused-ring (bicyclic) bond motifs is 1. The predicted molar refractivity (Wildman–Crippen MR) is 134 cm³/mol. The van der Waals surface area contributed by atoms with Gasteiger partial charge in [0.25, 0.3) is 5.91 Å². The molecule has 1 aliphatic heterocycles. The molecular weight excluding hydrogens is 428 g/mol. The maximum absolute atomic E-state index is 13.2. The van der Waals surface area contributed by atoms with Gasteiger partial charge in [0.15, 0.2) is 0 Å². The summed E-state index contributed by atoms with van der Waals surface area (Å²) in [6.45, 7) is 5.60. The minimum atomic E-state index is -1.21. The molecule has 176 valence electrons. The van der Waals surface area contributed by atoms with Crippen LogP contribution >= 0.6 is 0 Å². The summed E-state index contributed by atoms with van der Waals surface area (Å²) < 4.78 is 0. The van der Waals surface area contributed by atoms with Gasteiger partial charge in [0.1, 0.15) is 12.1 Å². The number of hydrogen-bond donors (Lipinski definition) is 2. The van der Waals surface area contributed by atoms with Gasteiger partial charge >= 0.3 is 6.03 Å². The fraction of sp³-hybridized carbons (Fsp3) is 0.296. The van der Waals surface area contributed by atoms with Crippen molar-refractivity contribution in [2.45, 2.75) is 25.8 Å². The summed E-state index contributed by atoms with van der Waals surface area (Å²) in [6.07, 6.45) is 0.753. The van der Waals surface area contributed by atoms with Crippen LogP contribution in [0.2, 0.25) is 0 Å². The molecule has 0 radical (unpaired) electrons. The van der Waals surface area contributed by atoms with Crippen LogP contribution in [0.25, 0.3) is 10.8 Å². The molecule has 0 aliphatic carbocycles. The van der Waals surface area contributed by atoms with Crippen LogP contribution in [-0.2, 0) is 15.1 Å². The van der Waals surface area contributed by atoms with E-state index in [1.807, 2.05) is 60.7 Å². The van der Waals surface area contributed by atoms with Crippen molar-refractivity contribution in [1.82, 2.24) is 15.5 Å². The Morgan fingerprint density at radius 1 is 1.00 bits per heavy atom. The molecule has 0 bridgehead atoms. The first kappa shape index (κ1) is 23.3. The molecule has 1 fully saturated rings. The van der Waals surface area contributed by atoms with Crippen LogP contribution in [0.1, 0.15) is 25.8 Å². The van der Waals surface area contributed by atoms with Crippen LogP contribution in [0.15, 0.2) is 72.8 Å². The molecule has 1 unspecified atom stereocenters. The first-order valence-corrected chi connectivity index (χ1v) is 11.6. The SMILES string of the molecule is CCN(CCCNC(=O)CN1C(=O)NC(C)(c2ccc3ccccc3c2)C1=O)c1ccccc1. The summed E-state index contributed by atoms with van der Waals surface area (Å²) in [5, 5.41) is 7.64. The molecule has 1 saturated heterocycles. The van der Waals surface area contributed by atoms with E-state index < -0.39 is 17.5 Å². The van der Waals surface area contributed by atoms with E-state index in [2.05, 4.69) is 34.6 Å². The number of carbonyl (C=O) groups excluding carboxylic acids is 3. The number of benzene rings is 3. The average molecular weight is 459 g/mol. The van der Waals surface area contributed by atoms with Crippen LogP contribution in [0.4, 0.5) is 10.5 Å². The molecule has 2 N–H and O–H groups in total. The minimum Gasteiger partial charge on any atom is -0.372 e. The number of amides is 4. The highest BCUT2D eigenvalue weighted by atomic mass is 16.2. The Labute approximate surface area is 199 Å². The van der Waals surface area contributed by atoms with Crippen molar-refractivity contribution in [2.75, 3.05) is 31.1 Å². The first-order valence-electron chi connectivity index (χ1n) is 11.6. The molecule has 1 atom stereocenters. The highest BCUT2D eigenvalue weighted by molar-refractivity contribution is 6.09. The number of rotatable bonds is 9. The topological polar surface area (TPSA) is 81.8 Å². The predicted octanol–water partition coefficient (Wildman–Crippen LogP) is 3.64. The van der Waals surface area contributed by atoms with E-state index in [0.29, 0.717) is 12.1 Å². The fourth-order valence-corrected chi connectivity index (χ4v) is 4.34. The number of nitrogens with one attached hydrogen (secondary N) is 2. The van der Waals surface area contributed by atoms with E-state index in [0.717, 1.165) is 40.9 Å². The summed E-state index contributed by atoms with van der Waals surface area (Å²) in [6, 6.07) is 23.1. The molecule has 3 aromatic carbocycles. The molecule has 1 heterocycles. The van der Waals surface area contributed by atoms with Gasteiger partial charge < -0.3 is 15.5 Å². The van der Waals surface area contributed by atoms with Gasteiger partial charge in [-0.25, -0.2) is 4.79 Å². The summed E-state index contributed by atoms with van der Waals surface area (Å²) in [4.78, 5) is 41.5. The van der Waals surface area contributed by atoms with Gasteiger partial charge in [0.05, 0.1) is 0 Å². The lowest BCUT2D eigenvalue weighted by Crippen LogP contribution is -2.43. The van der Waals surface area contributed by atoms with Gasteiger partial charge in [0, 0.05) is 25.3 Å². The van der Waals surface area contributed by atoms with E-state index in [-0.39, 0.29) is 12.5 Å². The first-order chi connectivity index (χ1) is 16.4. The molecule has 7 nitrogen and oxygen atoms in total. The fourth-order valence-electron chi connectivity index (χ4n) is 4.34. The van der Waals surface area contributed by atoms with Crippen molar-refractivity contribution in [3.05, 3.63) is 78.4 Å². The molecule has 0 aromatic heterocycles. The number of para-hydroxylation sites is 1. The monoisotopic (exact) mass is 458 g/mol. The largest absolute Gasteiger partial charge is 0.372 e. The van der Waals surface area contributed by atoms with Crippen molar-refractivity contribution in [3.8, 4) is 0 Å². The van der Waals surface area contributed by atoms with Crippen LogP contribution in [-0.4, -0.2) is 48.9 Å². The molecular formula is C27H30N4O3. The zero-order valence-corrected chi connectivity index (χ0v) is 19.6. The van der Waals surface area contributed by atoms with E-state index in [1.54, 1.807) is 6.92 Å². The van der Waals surface area contributed by atoms with E-state index >= 15 is 0 Å². The molecule has 7 heteroatoms. The zero-order valence-electron chi connectivity index (χ0n) is 19.6. The number of imide groups is 1. The molecule has 3 aromatic rings. The van der Waals surface area contributed by atoms with Crippen LogP contribution in [0, 0.1) is 0 Å². The third kappa shape index (κ3) is 4.73.